The van der Waals surface area contributed by atoms with Crippen molar-refractivity contribution < 1.29 is 27.0 Å². The molecule has 0 radical (unpaired) electrons. The molecule has 1 aliphatic heterocycles. The van der Waals surface area contributed by atoms with Gasteiger partial charge in [0.2, 0.25) is 0 Å². The predicted molar refractivity (Wildman–Crippen MR) is 90.3 cm³/mol. The summed E-state index contributed by atoms with van der Waals surface area (Å²) in [6.45, 7) is 4.15. The van der Waals surface area contributed by atoms with Gasteiger partial charge >= 0.3 is 6.11 Å². The highest BCUT2D eigenvalue weighted by Gasteiger charge is 2.45. The van der Waals surface area contributed by atoms with Crippen LogP contribution in [0.5, 0.6) is 5.75 Å². The largest absolute Gasteiger partial charge is 0.432 e. The summed E-state index contributed by atoms with van der Waals surface area (Å²) in [5.41, 5.74) is -0.206. The minimum atomic E-state index is -3.44. The van der Waals surface area contributed by atoms with Crippen molar-refractivity contribution in [1.82, 2.24) is 0 Å². The van der Waals surface area contributed by atoms with E-state index in [1.807, 2.05) is 0 Å². The van der Waals surface area contributed by atoms with Crippen molar-refractivity contribution in [2.75, 3.05) is 6.61 Å². The van der Waals surface area contributed by atoms with Gasteiger partial charge in [0.15, 0.2) is 0 Å². The Balaban J connectivity index is 1.57. The molecule has 1 saturated heterocycles. The second-order valence-electron chi connectivity index (χ2n) is 7.84. The molecule has 2 unspecified atom stereocenters. The first-order chi connectivity index (χ1) is 12.3. The van der Waals surface area contributed by atoms with Crippen LogP contribution in [0.15, 0.2) is 12.1 Å². The lowest BCUT2D eigenvalue weighted by Gasteiger charge is -2.38. The van der Waals surface area contributed by atoms with E-state index in [0.717, 1.165) is 31.6 Å². The van der Waals surface area contributed by atoms with Crippen molar-refractivity contribution >= 4 is 0 Å². The first-order valence-corrected chi connectivity index (χ1v) is 9.40. The summed E-state index contributed by atoms with van der Waals surface area (Å²) in [5, 5.41) is 0. The smallest absolute Gasteiger partial charge is 0.400 e. The third-order valence-electron chi connectivity index (χ3n) is 5.82. The Morgan fingerprint density at radius 1 is 1.00 bits per heavy atom. The lowest BCUT2D eigenvalue weighted by atomic mass is 9.77. The monoisotopic (exact) mass is 374 g/mol. The number of halogens is 4. The summed E-state index contributed by atoms with van der Waals surface area (Å²) >= 11 is 0. The van der Waals surface area contributed by atoms with E-state index in [1.165, 1.54) is 6.92 Å². The van der Waals surface area contributed by atoms with Crippen LogP contribution in [0.3, 0.4) is 0 Å². The molecule has 0 spiro atoms. The van der Waals surface area contributed by atoms with Gasteiger partial charge in [0, 0.05) is 24.3 Å². The zero-order valence-electron chi connectivity index (χ0n) is 15.2. The van der Waals surface area contributed by atoms with Gasteiger partial charge in [-0.1, -0.05) is 6.92 Å². The fraction of sp³-hybridized carbons (Fsp3) is 0.700. The topological polar surface area (TPSA) is 18.5 Å². The maximum Gasteiger partial charge on any atom is 0.400 e. The zero-order valence-corrected chi connectivity index (χ0v) is 15.2. The minimum Gasteiger partial charge on any atom is -0.432 e. The lowest BCUT2D eigenvalue weighted by molar-refractivity contribution is -0.225. The van der Waals surface area contributed by atoms with E-state index < -0.39 is 29.4 Å². The van der Waals surface area contributed by atoms with Crippen LogP contribution in [0.2, 0.25) is 0 Å². The van der Waals surface area contributed by atoms with Crippen LogP contribution >= 0.6 is 0 Å². The summed E-state index contributed by atoms with van der Waals surface area (Å²) in [4.78, 5) is 0. The summed E-state index contributed by atoms with van der Waals surface area (Å²) in [7, 11) is 0. The Morgan fingerprint density at radius 2 is 1.62 bits per heavy atom. The number of hydrogen-bond donors (Lipinski definition) is 0. The molecule has 1 aliphatic carbocycles. The van der Waals surface area contributed by atoms with E-state index in [0.29, 0.717) is 37.5 Å². The van der Waals surface area contributed by atoms with E-state index in [4.69, 9.17) is 9.47 Å². The molecule has 2 nitrogen and oxygen atoms in total. The van der Waals surface area contributed by atoms with E-state index >= 15 is 0 Å². The highest BCUT2D eigenvalue weighted by molar-refractivity contribution is 5.30. The van der Waals surface area contributed by atoms with Gasteiger partial charge in [-0.3, -0.25) is 0 Å². The Bertz CT molecular complexity index is 595. The van der Waals surface area contributed by atoms with Gasteiger partial charge in [-0.15, -0.1) is 0 Å². The third kappa shape index (κ3) is 4.33. The third-order valence-corrected chi connectivity index (χ3v) is 5.82. The summed E-state index contributed by atoms with van der Waals surface area (Å²) in [6.07, 6.45) is 0.814. The highest BCUT2D eigenvalue weighted by Crippen LogP contribution is 2.42. The molecular weight excluding hydrogens is 348 g/mol. The van der Waals surface area contributed by atoms with Gasteiger partial charge in [0.25, 0.3) is 0 Å². The summed E-state index contributed by atoms with van der Waals surface area (Å²) < 4.78 is 66.7. The lowest BCUT2D eigenvalue weighted by Crippen LogP contribution is -2.40. The molecule has 26 heavy (non-hydrogen) atoms. The molecule has 1 aromatic carbocycles. The molecule has 2 fully saturated rings. The maximum atomic E-state index is 14.5. The van der Waals surface area contributed by atoms with Crippen molar-refractivity contribution in [2.24, 2.45) is 17.8 Å². The molecule has 0 bridgehead atoms. The standard InChI is InChI=1S/C20H26F4O2/c1-12-3-8-19(25-11-12)14-4-6-15(7-5-14)20(23,24)26-16-9-17(21)13(2)18(22)10-16/h9-10,12,14-15,19H,3-8,11H2,1-2H3. The predicted octanol–water partition coefficient (Wildman–Crippen LogP) is 5.87. The molecule has 146 valence electrons. The molecule has 1 heterocycles. The molecule has 1 saturated carbocycles. The van der Waals surface area contributed by atoms with Crippen LogP contribution in [-0.4, -0.2) is 18.8 Å². The van der Waals surface area contributed by atoms with Crippen molar-refractivity contribution in [3.63, 3.8) is 0 Å². The quantitative estimate of drug-likeness (QED) is 0.614. The van der Waals surface area contributed by atoms with Crippen LogP contribution < -0.4 is 4.74 Å². The van der Waals surface area contributed by atoms with E-state index in [2.05, 4.69) is 6.92 Å². The SMILES string of the molecule is Cc1c(F)cc(OC(F)(F)C2CCC(C3CCC(C)CO3)CC2)cc1F. The van der Waals surface area contributed by atoms with E-state index in [1.54, 1.807) is 0 Å². The molecule has 3 rings (SSSR count). The molecule has 1 aromatic rings. The highest BCUT2D eigenvalue weighted by atomic mass is 19.3. The van der Waals surface area contributed by atoms with Gasteiger partial charge in [-0.05, 0) is 57.3 Å². The Kier molecular flexibility index (Phi) is 5.80. The number of rotatable bonds is 4. The zero-order chi connectivity index (χ0) is 18.9. The van der Waals surface area contributed by atoms with Crippen molar-refractivity contribution in [2.45, 2.75) is 64.6 Å². The fourth-order valence-electron chi connectivity index (χ4n) is 4.02. The molecule has 0 N–H and O–H groups in total. The molecule has 2 aliphatic rings. The van der Waals surface area contributed by atoms with Crippen LogP contribution in [0.4, 0.5) is 17.6 Å². The maximum absolute atomic E-state index is 14.5. The van der Waals surface area contributed by atoms with E-state index in [9.17, 15) is 17.6 Å². The van der Waals surface area contributed by atoms with Gasteiger partial charge < -0.3 is 9.47 Å². The van der Waals surface area contributed by atoms with Gasteiger partial charge in [-0.2, -0.15) is 8.78 Å². The van der Waals surface area contributed by atoms with Crippen LogP contribution in [-0.2, 0) is 4.74 Å². The van der Waals surface area contributed by atoms with Crippen molar-refractivity contribution in [1.29, 1.82) is 0 Å². The molecule has 6 heteroatoms. The van der Waals surface area contributed by atoms with Gasteiger partial charge in [0.05, 0.1) is 12.0 Å². The van der Waals surface area contributed by atoms with Gasteiger partial charge in [0.1, 0.15) is 17.4 Å². The van der Waals surface area contributed by atoms with E-state index in [-0.39, 0.29) is 11.7 Å². The Labute approximate surface area is 151 Å². The molecule has 0 aromatic heterocycles. The Morgan fingerprint density at radius 3 is 2.15 bits per heavy atom. The number of ether oxygens (including phenoxy) is 2. The first kappa shape index (κ1) is 19.5. The number of alkyl halides is 2. The average Bonchev–Trinajstić information content (AvgIpc) is 2.60. The van der Waals surface area contributed by atoms with Crippen LogP contribution in [0.25, 0.3) is 0 Å². The average molecular weight is 374 g/mol. The first-order valence-electron chi connectivity index (χ1n) is 9.40. The second-order valence-corrected chi connectivity index (χ2v) is 7.84. The van der Waals surface area contributed by atoms with Gasteiger partial charge in [-0.25, -0.2) is 8.78 Å². The van der Waals surface area contributed by atoms with Crippen LogP contribution in [0.1, 0.15) is 51.0 Å². The van der Waals surface area contributed by atoms with Crippen molar-refractivity contribution in [3.8, 4) is 5.75 Å². The molecular formula is C20H26F4O2. The minimum absolute atomic E-state index is 0.169. The molecule has 0 amide bonds. The molecule has 2 atom stereocenters. The van der Waals surface area contributed by atoms with Crippen molar-refractivity contribution in [3.05, 3.63) is 29.3 Å². The fourth-order valence-corrected chi connectivity index (χ4v) is 4.02. The normalized spacial score (nSPS) is 30.2. The van der Waals surface area contributed by atoms with Crippen LogP contribution in [0, 0.1) is 36.3 Å². The summed E-state index contributed by atoms with van der Waals surface area (Å²) in [6, 6.07) is 1.63. The Hall–Kier alpha value is -1.30. The number of benzene rings is 1. The number of hydrogen-bond acceptors (Lipinski definition) is 2. The summed E-state index contributed by atoms with van der Waals surface area (Å²) in [5.74, 6) is -2.32. The second kappa shape index (κ2) is 7.75.